The van der Waals surface area contributed by atoms with E-state index >= 15 is 0 Å². The highest BCUT2D eigenvalue weighted by atomic mass is 32.2. The molecule has 2 N–H and O–H groups in total. The maximum atomic E-state index is 11.6. The number of anilines is 1. The predicted octanol–water partition coefficient (Wildman–Crippen LogP) is 2.44. The van der Waals surface area contributed by atoms with Crippen molar-refractivity contribution in [3.8, 4) is 0 Å². The van der Waals surface area contributed by atoms with Crippen LogP contribution < -0.4 is 5.32 Å². The zero-order valence-corrected chi connectivity index (χ0v) is 11.1. The Kier molecular flexibility index (Phi) is 6.08. The highest BCUT2D eigenvalue weighted by Crippen LogP contribution is 2.14. The van der Waals surface area contributed by atoms with Crippen molar-refractivity contribution in [2.24, 2.45) is 0 Å². The van der Waals surface area contributed by atoms with Crippen molar-refractivity contribution in [3.05, 3.63) is 29.8 Å². The van der Waals surface area contributed by atoms with Crippen LogP contribution in [0.25, 0.3) is 0 Å². The summed E-state index contributed by atoms with van der Waals surface area (Å²) in [5, 5.41) is 11.9. The Morgan fingerprint density at radius 1 is 1.41 bits per heavy atom. The van der Waals surface area contributed by atoms with Crippen molar-refractivity contribution in [3.63, 3.8) is 0 Å². The van der Waals surface area contributed by atoms with Crippen LogP contribution in [-0.4, -0.2) is 28.6 Å². The lowest BCUT2D eigenvalue weighted by Crippen LogP contribution is -2.16. The molecule has 0 saturated heterocycles. The van der Waals surface area contributed by atoms with E-state index in [1.54, 1.807) is 11.8 Å². The first-order chi connectivity index (χ1) is 8.11. The molecule has 1 aromatic carbocycles. The molecule has 1 atom stereocenters. The van der Waals surface area contributed by atoms with E-state index in [1.165, 1.54) is 5.56 Å². The smallest absolute Gasteiger partial charge is 0.234 e. The lowest BCUT2D eigenvalue weighted by Gasteiger charge is -2.09. The third-order valence-corrected chi connectivity index (χ3v) is 3.60. The van der Waals surface area contributed by atoms with Gasteiger partial charge in [0.25, 0.3) is 0 Å². The van der Waals surface area contributed by atoms with E-state index < -0.39 is 0 Å². The van der Waals surface area contributed by atoms with Gasteiger partial charge in [-0.1, -0.05) is 24.6 Å². The number of nitrogens with one attached hydrogen (secondary N) is 1. The molecule has 0 radical (unpaired) electrons. The Balaban J connectivity index is 2.32. The molecule has 1 amide bonds. The van der Waals surface area contributed by atoms with E-state index in [-0.39, 0.29) is 12.5 Å². The second-order valence-electron chi connectivity index (χ2n) is 4.05. The molecule has 4 heteroatoms. The number of aryl methyl sites for hydroxylation is 1. The molecule has 0 aromatic heterocycles. The number of hydrogen-bond acceptors (Lipinski definition) is 3. The van der Waals surface area contributed by atoms with Gasteiger partial charge in [-0.25, -0.2) is 0 Å². The van der Waals surface area contributed by atoms with Crippen molar-refractivity contribution in [2.45, 2.75) is 25.5 Å². The van der Waals surface area contributed by atoms with Gasteiger partial charge in [-0.3, -0.25) is 4.79 Å². The summed E-state index contributed by atoms with van der Waals surface area (Å²) in [6.45, 7) is 4.20. The summed E-state index contributed by atoms with van der Waals surface area (Å²) in [5.41, 5.74) is 2.00. The van der Waals surface area contributed by atoms with Gasteiger partial charge in [0.05, 0.1) is 5.75 Å². The van der Waals surface area contributed by atoms with Gasteiger partial charge in [-0.05, 0) is 25.5 Å². The Hall–Kier alpha value is -1.00. The van der Waals surface area contributed by atoms with Crippen molar-refractivity contribution in [1.82, 2.24) is 0 Å². The van der Waals surface area contributed by atoms with Crippen LogP contribution in [0.3, 0.4) is 0 Å². The third kappa shape index (κ3) is 5.75. The quantitative estimate of drug-likeness (QED) is 0.818. The summed E-state index contributed by atoms with van der Waals surface area (Å²) < 4.78 is 0. The van der Waals surface area contributed by atoms with E-state index in [2.05, 4.69) is 5.32 Å². The van der Waals surface area contributed by atoms with Crippen molar-refractivity contribution < 1.29 is 9.90 Å². The van der Waals surface area contributed by atoms with E-state index in [4.69, 9.17) is 5.11 Å². The maximum Gasteiger partial charge on any atom is 0.234 e. The minimum Gasteiger partial charge on any atom is -0.396 e. The fourth-order valence-electron chi connectivity index (χ4n) is 1.32. The second-order valence-corrected chi connectivity index (χ2v) is 5.47. The molecule has 0 aliphatic carbocycles. The van der Waals surface area contributed by atoms with E-state index in [1.807, 2.05) is 38.1 Å². The molecule has 3 nitrogen and oxygen atoms in total. The highest BCUT2D eigenvalue weighted by Gasteiger charge is 2.06. The van der Waals surface area contributed by atoms with Crippen LogP contribution >= 0.6 is 11.8 Å². The van der Waals surface area contributed by atoms with Crippen molar-refractivity contribution in [2.75, 3.05) is 17.7 Å². The highest BCUT2D eigenvalue weighted by molar-refractivity contribution is 8.00. The molecule has 0 heterocycles. The van der Waals surface area contributed by atoms with Crippen molar-refractivity contribution in [1.29, 1.82) is 0 Å². The monoisotopic (exact) mass is 253 g/mol. The minimum absolute atomic E-state index is 0.00337. The van der Waals surface area contributed by atoms with Gasteiger partial charge in [-0.2, -0.15) is 0 Å². The number of carbonyl (C=O) groups excluding carboxylic acids is 1. The van der Waals surface area contributed by atoms with Crippen LogP contribution in [0, 0.1) is 6.92 Å². The molecular weight excluding hydrogens is 234 g/mol. The fraction of sp³-hybridized carbons (Fsp3) is 0.462. The summed E-state index contributed by atoms with van der Waals surface area (Å²) >= 11 is 1.56. The standard InChI is InChI=1S/C13H19NO2S/c1-10-3-5-12(6-4-10)14-13(16)9-17-11(2)7-8-15/h3-6,11,15H,7-9H2,1-2H3,(H,14,16). The van der Waals surface area contributed by atoms with Crippen LogP contribution in [0.5, 0.6) is 0 Å². The summed E-state index contributed by atoms with van der Waals surface area (Å²) in [4.78, 5) is 11.6. The largest absolute Gasteiger partial charge is 0.396 e. The predicted molar refractivity (Wildman–Crippen MR) is 73.4 cm³/mol. The fourth-order valence-corrected chi connectivity index (χ4v) is 2.10. The van der Waals surface area contributed by atoms with Crippen LogP contribution in [0.1, 0.15) is 18.9 Å². The summed E-state index contributed by atoms with van der Waals surface area (Å²) in [5.74, 6) is 0.429. The van der Waals surface area contributed by atoms with E-state index in [0.29, 0.717) is 11.0 Å². The summed E-state index contributed by atoms with van der Waals surface area (Å²) in [6, 6.07) is 7.73. The van der Waals surface area contributed by atoms with Gasteiger partial charge < -0.3 is 10.4 Å². The average Bonchev–Trinajstić information content (AvgIpc) is 2.30. The number of rotatable bonds is 6. The number of thioether (sulfide) groups is 1. The first kappa shape index (κ1) is 14.1. The average molecular weight is 253 g/mol. The number of aliphatic hydroxyl groups is 1. The molecule has 1 rings (SSSR count). The van der Waals surface area contributed by atoms with Gasteiger partial charge in [0.2, 0.25) is 5.91 Å². The van der Waals surface area contributed by atoms with Gasteiger partial charge in [0, 0.05) is 17.5 Å². The number of aliphatic hydroxyl groups excluding tert-OH is 1. The third-order valence-electron chi connectivity index (χ3n) is 2.37. The molecular formula is C13H19NO2S. The molecule has 0 aliphatic rings. The van der Waals surface area contributed by atoms with Gasteiger partial charge in [-0.15, -0.1) is 11.8 Å². The number of benzene rings is 1. The maximum absolute atomic E-state index is 11.6. The van der Waals surface area contributed by atoms with Crippen LogP contribution in [0.15, 0.2) is 24.3 Å². The molecule has 94 valence electrons. The van der Waals surface area contributed by atoms with Gasteiger partial charge >= 0.3 is 0 Å². The zero-order valence-electron chi connectivity index (χ0n) is 10.3. The molecule has 17 heavy (non-hydrogen) atoms. The first-order valence-electron chi connectivity index (χ1n) is 5.71. The van der Waals surface area contributed by atoms with E-state index in [9.17, 15) is 4.79 Å². The molecule has 0 saturated carbocycles. The Morgan fingerprint density at radius 3 is 2.65 bits per heavy atom. The SMILES string of the molecule is Cc1ccc(NC(=O)CSC(C)CCO)cc1. The van der Waals surface area contributed by atoms with E-state index in [0.717, 1.165) is 12.1 Å². The summed E-state index contributed by atoms with van der Waals surface area (Å²) in [6.07, 6.45) is 0.725. The first-order valence-corrected chi connectivity index (χ1v) is 6.75. The van der Waals surface area contributed by atoms with Crippen molar-refractivity contribution >= 4 is 23.4 Å². The van der Waals surface area contributed by atoms with Gasteiger partial charge in [0.15, 0.2) is 0 Å². The topological polar surface area (TPSA) is 49.3 Å². The lowest BCUT2D eigenvalue weighted by atomic mass is 10.2. The minimum atomic E-state index is 0.00337. The molecule has 1 aromatic rings. The number of carbonyl (C=O) groups is 1. The number of hydrogen-bond donors (Lipinski definition) is 2. The molecule has 0 bridgehead atoms. The molecule has 0 aliphatic heterocycles. The van der Waals surface area contributed by atoms with Crippen LogP contribution in [0.4, 0.5) is 5.69 Å². The molecule has 1 unspecified atom stereocenters. The Morgan fingerprint density at radius 2 is 2.06 bits per heavy atom. The number of amides is 1. The zero-order chi connectivity index (χ0) is 12.7. The van der Waals surface area contributed by atoms with Crippen LogP contribution in [-0.2, 0) is 4.79 Å². The Bertz CT molecular complexity index is 351. The molecule has 0 fully saturated rings. The summed E-state index contributed by atoms with van der Waals surface area (Å²) in [7, 11) is 0. The Labute approximate surface area is 107 Å². The van der Waals surface area contributed by atoms with Crippen LogP contribution in [0.2, 0.25) is 0 Å². The lowest BCUT2D eigenvalue weighted by molar-refractivity contribution is -0.113. The second kappa shape index (κ2) is 7.35. The van der Waals surface area contributed by atoms with Gasteiger partial charge in [0.1, 0.15) is 0 Å². The molecule has 0 spiro atoms. The normalized spacial score (nSPS) is 12.2.